The lowest BCUT2D eigenvalue weighted by Crippen LogP contribution is -2.21. The number of primary amides is 1. The van der Waals surface area contributed by atoms with Gasteiger partial charge >= 0.3 is 0 Å². The Bertz CT molecular complexity index is 651. The van der Waals surface area contributed by atoms with E-state index in [2.05, 4.69) is 9.97 Å². The van der Waals surface area contributed by atoms with Crippen LogP contribution < -0.4 is 11.5 Å². The lowest BCUT2D eigenvalue weighted by atomic mass is 9.80. The summed E-state index contributed by atoms with van der Waals surface area (Å²) in [6, 6.07) is 5.99. The largest absolute Gasteiger partial charge is 0.398 e. The van der Waals surface area contributed by atoms with E-state index in [0.29, 0.717) is 12.3 Å². The number of hydrogen-bond acceptors (Lipinski definition) is 3. The average molecular weight is 335 g/mol. The number of nitrogen functional groups attached to an aromatic ring is 1. The number of imidazole rings is 1. The fourth-order valence-corrected chi connectivity index (χ4v) is 3.65. The fraction of sp³-hybridized carbons (Fsp3) is 0.412. The van der Waals surface area contributed by atoms with Crippen molar-refractivity contribution < 1.29 is 4.79 Å². The van der Waals surface area contributed by atoms with Crippen LogP contribution >= 0.6 is 12.4 Å². The van der Waals surface area contributed by atoms with Gasteiger partial charge in [-0.25, -0.2) is 4.98 Å². The van der Waals surface area contributed by atoms with Crippen molar-refractivity contribution in [3.8, 4) is 11.3 Å². The molecule has 1 aromatic carbocycles. The molecule has 2 aromatic rings. The Hall–Kier alpha value is -2.01. The lowest BCUT2D eigenvalue weighted by molar-refractivity contribution is -0.118. The molecule has 23 heavy (non-hydrogen) atoms. The third-order valence-corrected chi connectivity index (χ3v) is 4.72. The van der Waals surface area contributed by atoms with Gasteiger partial charge in [0.15, 0.2) is 0 Å². The second kappa shape index (κ2) is 7.51. The van der Waals surface area contributed by atoms with Gasteiger partial charge in [-0.1, -0.05) is 31.0 Å². The highest BCUT2D eigenvalue weighted by atomic mass is 35.5. The van der Waals surface area contributed by atoms with Crippen LogP contribution in [-0.4, -0.2) is 15.9 Å². The number of halogens is 1. The molecule has 1 fully saturated rings. The van der Waals surface area contributed by atoms with Crippen LogP contribution in [0.25, 0.3) is 11.3 Å². The summed E-state index contributed by atoms with van der Waals surface area (Å²) >= 11 is 0. The zero-order valence-electron chi connectivity index (χ0n) is 13.0. The third kappa shape index (κ3) is 3.67. The molecule has 1 unspecified atom stereocenters. The molecule has 1 amide bonds. The number of anilines is 1. The Balaban J connectivity index is 0.00000192. The molecule has 124 valence electrons. The Morgan fingerprint density at radius 1 is 1.35 bits per heavy atom. The van der Waals surface area contributed by atoms with Crippen LogP contribution in [0.5, 0.6) is 0 Å². The van der Waals surface area contributed by atoms with E-state index in [1.807, 2.05) is 18.2 Å². The lowest BCUT2D eigenvalue weighted by Gasteiger charge is -2.25. The van der Waals surface area contributed by atoms with Gasteiger partial charge in [0.05, 0.1) is 18.2 Å². The standard InChI is InChI=1S/C17H22N4O.ClH/c18-16(22)8-14(11-4-1-2-5-11)12-6-3-7-13(17(12)19)15-9-20-10-21-15;/h3,6-7,9-11,14H,1-2,4-5,8,19H2,(H2,18,22)(H,20,21);1H. The highest BCUT2D eigenvalue weighted by molar-refractivity contribution is 5.85. The number of carbonyl (C=O) groups is 1. The molecule has 1 aliphatic rings. The predicted octanol–water partition coefficient (Wildman–Crippen LogP) is 3.23. The van der Waals surface area contributed by atoms with Crippen LogP contribution in [0.3, 0.4) is 0 Å². The Morgan fingerprint density at radius 3 is 2.70 bits per heavy atom. The van der Waals surface area contributed by atoms with Crippen molar-refractivity contribution in [3.05, 3.63) is 36.3 Å². The first-order valence-corrected chi connectivity index (χ1v) is 7.82. The normalized spacial score (nSPS) is 16.0. The molecule has 0 aliphatic heterocycles. The van der Waals surface area contributed by atoms with Crippen molar-refractivity contribution in [2.45, 2.75) is 38.0 Å². The van der Waals surface area contributed by atoms with Crippen molar-refractivity contribution in [2.75, 3.05) is 5.73 Å². The second-order valence-corrected chi connectivity index (χ2v) is 6.10. The van der Waals surface area contributed by atoms with Gasteiger partial charge in [0.1, 0.15) is 0 Å². The van der Waals surface area contributed by atoms with Crippen LogP contribution in [0.4, 0.5) is 5.69 Å². The molecule has 5 nitrogen and oxygen atoms in total. The molecule has 6 heteroatoms. The fourth-order valence-electron chi connectivity index (χ4n) is 3.65. The Labute approximate surface area is 142 Å². The summed E-state index contributed by atoms with van der Waals surface area (Å²) in [7, 11) is 0. The van der Waals surface area contributed by atoms with Crippen molar-refractivity contribution in [1.29, 1.82) is 0 Å². The van der Waals surface area contributed by atoms with Gasteiger partial charge in [-0.15, -0.1) is 12.4 Å². The van der Waals surface area contributed by atoms with Gasteiger partial charge < -0.3 is 16.5 Å². The maximum atomic E-state index is 11.5. The molecule has 5 N–H and O–H groups in total. The van der Waals surface area contributed by atoms with E-state index in [9.17, 15) is 4.79 Å². The molecule has 1 heterocycles. The number of benzene rings is 1. The number of H-pyrrole nitrogens is 1. The smallest absolute Gasteiger partial charge is 0.218 e. The van der Waals surface area contributed by atoms with E-state index in [-0.39, 0.29) is 24.2 Å². The molecule has 0 spiro atoms. The number of carbonyl (C=O) groups excluding carboxylic acids is 1. The number of aromatic amines is 1. The minimum atomic E-state index is -0.261. The summed E-state index contributed by atoms with van der Waals surface area (Å²) in [5.74, 6) is 0.345. The van der Waals surface area contributed by atoms with Crippen molar-refractivity contribution >= 4 is 24.0 Å². The van der Waals surface area contributed by atoms with Gasteiger partial charge in [-0.2, -0.15) is 0 Å². The molecule has 3 rings (SSSR count). The van der Waals surface area contributed by atoms with Crippen LogP contribution in [0.15, 0.2) is 30.7 Å². The molecular formula is C17H23ClN4O. The number of para-hydroxylation sites is 1. The number of amides is 1. The maximum absolute atomic E-state index is 11.5. The van der Waals surface area contributed by atoms with Gasteiger partial charge in [-0.05, 0) is 30.2 Å². The van der Waals surface area contributed by atoms with Gasteiger partial charge in [0.2, 0.25) is 5.91 Å². The van der Waals surface area contributed by atoms with E-state index in [1.165, 1.54) is 12.8 Å². The summed E-state index contributed by atoms with van der Waals surface area (Å²) in [6.45, 7) is 0. The zero-order valence-corrected chi connectivity index (χ0v) is 13.8. The highest BCUT2D eigenvalue weighted by Crippen LogP contribution is 2.43. The van der Waals surface area contributed by atoms with Gasteiger partial charge in [-0.3, -0.25) is 4.79 Å². The van der Waals surface area contributed by atoms with Crippen LogP contribution in [0.2, 0.25) is 0 Å². The van der Waals surface area contributed by atoms with Crippen molar-refractivity contribution in [3.63, 3.8) is 0 Å². The molecule has 0 radical (unpaired) electrons. The summed E-state index contributed by atoms with van der Waals surface area (Å²) in [6.07, 6.45) is 8.49. The second-order valence-electron chi connectivity index (χ2n) is 6.10. The van der Waals surface area contributed by atoms with Gasteiger partial charge in [0, 0.05) is 17.7 Å². The van der Waals surface area contributed by atoms with Crippen LogP contribution in [0.1, 0.15) is 43.6 Å². The molecular weight excluding hydrogens is 312 g/mol. The van der Waals surface area contributed by atoms with Crippen molar-refractivity contribution in [2.24, 2.45) is 11.7 Å². The zero-order chi connectivity index (χ0) is 15.5. The topological polar surface area (TPSA) is 97.8 Å². The van der Waals surface area contributed by atoms with Gasteiger partial charge in [0.25, 0.3) is 0 Å². The first-order chi connectivity index (χ1) is 10.7. The molecule has 1 saturated carbocycles. The van der Waals surface area contributed by atoms with E-state index in [0.717, 1.165) is 35.3 Å². The number of nitrogens with one attached hydrogen (secondary N) is 1. The predicted molar refractivity (Wildman–Crippen MR) is 94.2 cm³/mol. The van der Waals surface area contributed by atoms with Crippen molar-refractivity contribution in [1.82, 2.24) is 9.97 Å². The number of aromatic nitrogens is 2. The third-order valence-electron chi connectivity index (χ3n) is 4.72. The van der Waals surface area contributed by atoms with Crippen LogP contribution in [-0.2, 0) is 4.79 Å². The summed E-state index contributed by atoms with van der Waals surface area (Å²) in [4.78, 5) is 18.7. The minimum absolute atomic E-state index is 0. The molecule has 1 aromatic heterocycles. The van der Waals surface area contributed by atoms with E-state index in [1.54, 1.807) is 12.5 Å². The number of nitrogens with two attached hydrogens (primary N) is 2. The number of nitrogens with zero attached hydrogens (tertiary/aromatic N) is 1. The number of hydrogen-bond donors (Lipinski definition) is 3. The van der Waals surface area contributed by atoms with E-state index in [4.69, 9.17) is 11.5 Å². The molecule has 0 saturated heterocycles. The molecule has 0 bridgehead atoms. The SMILES string of the molecule is Cl.NC(=O)CC(c1cccc(-c2cnc[nH]2)c1N)C1CCCC1. The molecule has 1 atom stereocenters. The van der Waals surface area contributed by atoms with Crippen LogP contribution in [0, 0.1) is 5.92 Å². The highest BCUT2D eigenvalue weighted by Gasteiger charge is 2.29. The molecule has 1 aliphatic carbocycles. The Morgan fingerprint density at radius 2 is 2.09 bits per heavy atom. The summed E-state index contributed by atoms with van der Waals surface area (Å²) in [5.41, 5.74) is 15.5. The number of rotatable bonds is 5. The first kappa shape index (κ1) is 17.3. The van der Waals surface area contributed by atoms with E-state index >= 15 is 0 Å². The Kier molecular flexibility index (Phi) is 5.66. The minimum Gasteiger partial charge on any atom is -0.398 e. The maximum Gasteiger partial charge on any atom is 0.218 e. The van der Waals surface area contributed by atoms with E-state index < -0.39 is 0 Å². The summed E-state index contributed by atoms with van der Waals surface area (Å²) < 4.78 is 0. The monoisotopic (exact) mass is 334 g/mol. The summed E-state index contributed by atoms with van der Waals surface area (Å²) in [5, 5.41) is 0. The quantitative estimate of drug-likeness (QED) is 0.732. The first-order valence-electron chi connectivity index (χ1n) is 7.82. The average Bonchev–Trinajstić information content (AvgIpc) is 3.18.